The third-order valence-corrected chi connectivity index (χ3v) is 2.87. The average Bonchev–Trinajstić information content (AvgIpc) is 2.84. The van der Waals surface area contributed by atoms with Gasteiger partial charge in [-0.05, 0) is 23.1 Å². The van der Waals surface area contributed by atoms with Gasteiger partial charge in [0.2, 0.25) is 0 Å². The smallest absolute Gasteiger partial charge is 0.106 e. The molecule has 2 heterocycles. The van der Waals surface area contributed by atoms with Crippen molar-refractivity contribution in [3.05, 3.63) is 41.9 Å². The fourth-order valence-electron chi connectivity index (χ4n) is 1.62. The van der Waals surface area contributed by atoms with Crippen LogP contribution in [-0.2, 0) is 4.74 Å². The molecule has 1 aromatic rings. The number of aromatic amines is 1. The predicted molar refractivity (Wildman–Crippen MR) is 72.6 cm³/mol. The van der Waals surface area contributed by atoms with E-state index in [0.717, 1.165) is 11.3 Å². The van der Waals surface area contributed by atoms with E-state index in [1.807, 2.05) is 24.6 Å². The Balaban J connectivity index is 2.27. The summed E-state index contributed by atoms with van der Waals surface area (Å²) >= 11 is 0. The van der Waals surface area contributed by atoms with Gasteiger partial charge in [-0.1, -0.05) is 20.8 Å². The molecule has 1 aromatic heterocycles. The van der Waals surface area contributed by atoms with E-state index >= 15 is 0 Å². The van der Waals surface area contributed by atoms with Crippen LogP contribution in [0.3, 0.4) is 0 Å². The van der Waals surface area contributed by atoms with Crippen molar-refractivity contribution < 1.29 is 4.74 Å². The van der Waals surface area contributed by atoms with Crippen LogP contribution in [0.25, 0.3) is 0 Å². The number of nitrogens with zero attached hydrogens (tertiary/aromatic N) is 2. The Morgan fingerprint density at radius 2 is 2.17 bits per heavy atom. The second-order valence-corrected chi connectivity index (χ2v) is 5.32. The molecule has 1 N–H and O–H groups in total. The number of rotatable bonds is 1. The number of allylic oxidation sites excluding steroid dienone is 1. The summed E-state index contributed by atoms with van der Waals surface area (Å²) in [5.74, 6) is 0. The lowest BCUT2D eigenvalue weighted by atomic mass is 9.87. The Kier molecular flexibility index (Phi) is 3.65. The standard InChI is InChI=1S/C14H19N3O/c1-14(2,3)12-9-15-13(5-4-6-18-10-12)11-7-16-17-8-11/h4-5,7-8,10H,6,9H2,1-3H3,(H,16,17)/b5-4-,12-10?,15-13?. The van der Waals surface area contributed by atoms with E-state index in [1.54, 1.807) is 6.20 Å². The third kappa shape index (κ3) is 3.09. The van der Waals surface area contributed by atoms with Gasteiger partial charge >= 0.3 is 0 Å². The summed E-state index contributed by atoms with van der Waals surface area (Å²) in [5, 5.41) is 6.77. The van der Waals surface area contributed by atoms with E-state index in [1.165, 1.54) is 5.57 Å². The highest BCUT2D eigenvalue weighted by atomic mass is 16.5. The van der Waals surface area contributed by atoms with Crippen molar-refractivity contribution in [1.29, 1.82) is 0 Å². The van der Waals surface area contributed by atoms with Gasteiger partial charge in [0, 0.05) is 11.8 Å². The van der Waals surface area contributed by atoms with Crippen molar-refractivity contribution in [3.63, 3.8) is 0 Å². The van der Waals surface area contributed by atoms with Crippen LogP contribution in [0.4, 0.5) is 0 Å². The second-order valence-electron chi connectivity index (χ2n) is 5.32. The van der Waals surface area contributed by atoms with Crippen LogP contribution in [0.5, 0.6) is 0 Å². The maximum absolute atomic E-state index is 5.51. The lowest BCUT2D eigenvalue weighted by molar-refractivity contribution is 0.277. The maximum atomic E-state index is 5.51. The molecule has 0 radical (unpaired) electrons. The van der Waals surface area contributed by atoms with E-state index in [9.17, 15) is 0 Å². The van der Waals surface area contributed by atoms with Gasteiger partial charge in [-0.25, -0.2) is 0 Å². The molecule has 2 rings (SSSR count). The maximum Gasteiger partial charge on any atom is 0.106 e. The highest BCUT2D eigenvalue weighted by Gasteiger charge is 2.18. The number of H-pyrrole nitrogens is 1. The summed E-state index contributed by atoms with van der Waals surface area (Å²) in [5.41, 5.74) is 3.19. The zero-order chi connectivity index (χ0) is 13.0. The zero-order valence-electron chi connectivity index (χ0n) is 11.1. The summed E-state index contributed by atoms with van der Waals surface area (Å²) in [4.78, 5) is 4.66. The Morgan fingerprint density at radius 1 is 1.33 bits per heavy atom. The molecule has 0 saturated heterocycles. The van der Waals surface area contributed by atoms with Gasteiger partial charge in [0.25, 0.3) is 0 Å². The lowest BCUT2D eigenvalue weighted by Gasteiger charge is -2.21. The molecule has 1 aliphatic rings. The largest absolute Gasteiger partial charge is 0.497 e. The fourth-order valence-corrected chi connectivity index (χ4v) is 1.62. The van der Waals surface area contributed by atoms with Crippen LogP contribution in [0.1, 0.15) is 26.3 Å². The van der Waals surface area contributed by atoms with Crippen molar-refractivity contribution in [2.45, 2.75) is 20.8 Å². The highest BCUT2D eigenvalue weighted by Crippen LogP contribution is 2.26. The Labute approximate surface area is 107 Å². The van der Waals surface area contributed by atoms with Gasteiger partial charge in [0.05, 0.1) is 24.7 Å². The summed E-state index contributed by atoms with van der Waals surface area (Å²) in [6.07, 6.45) is 9.41. The van der Waals surface area contributed by atoms with Gasteiger partial charge in [-0.2, -0.15) is 5.10 Å². The molecule has 0 unspecified atom stereocenters. The number of aromatic nitrogens is 2. The SMILES string of the molecule is CC(C)(C)C1=COC/C=C\C(c2cn[nH]c2)=NC1. The molecule has 0 fully saturated rings. The fraction of sp³-hybridized carbons (Fsp3) is 0.429. The molecule has 0 atom stereocenters. The van der Waals surface area contributed by atoms with Gasteiger partial charge in [-0.15, -0.1) is 0 Å². The molecule has 4 nitrogen and oxygen atoms in total. The highest BCUT2D eigenvalue weighted by molar-refractivity contribution is 6.08. The molecule has 0 saturated carbocycles. The van der Waals surface area contributed by atoms with E-state index in [0.29, 0.717) is 13.2 Å². The van der Waals surface area contributed by atoms with Crippen LogP contribution in [0.15, 0.2) is 41.4 Å². The topological polar surface area (TPSA) is 50.3 Å². The minimum Gasteiger partial charge on any atom is -0.497 e. The molecule has 0 aliphatic carbocycles. The molecule has 0 aromatic carbocycles. The molecule has 0 bridgehead atoms. The van der Waals surface area contributed by atoms with E-state index in [-0.39, 0.29) is 5.41 Å². The summed E-state index contributed by atoms with van der Waals surface area (Å²) in [6, 6.07) is 0. The number of hydrogen-bond donors (Lipinski definition) is 1. The Hall–Kier alpha value is -1.84. The number of nitrogens with one attached hydrogen (secondary N) is 1. The van der Waals surface area contributed by atoms with E-state index in [4.69, 9.17) is 4.74 Å². The molecule has 0 amide bonds. The minimum atomic E-state index is 0.0648. The normalized spacial score (nSPS) is 18.8. The monoisotopic (exact) mass is 245 g/mol. The average molecular weight is 245 g/mol. The first-order valence-electron chi connectivity index (χ1n) is 6.08. The summed E-state index contributed by atoms with van der Waals surface area (Å²) in [7, 11) is 0. The molecule has 1 aliphatic heterocycles. The molecule has 96 valence electrons. The first kappa shape index (κ1) is 12.6. The van der Waals surface area contributed by atoms with Crippen molar-refractivity contribution in [3.8, 4) is 0 Å². The van der Waals surface area contributed by atoms with Crippen molar-refractivity contribution >= 4 is 5.71 Å². The van der Waals surface area contributed by atoms with Crippen LogP contribution in [0, 0.1) is 5.41 Å². The van der Waals surface area contributed by atoms with E-state index in [2.05, 4.69) is 36.0 Å². The van der Waals surface area contributed by atoms with Crippen LogP contribution >= 0.6 is 0 Å². The molecule has 4 heteroatoms. The predicted octanol–water partition coefficient (Wildman–Crippen LogP) is 2.72. The summed E-state index contributed by atoms with van der Waals surface area (Å²) in [6.45, 7) is 7.71. The van der Waals surface area contributed by atoms with Crippen molar-refractivity contribution in [1.82, 2.24) is 10.2 Å². The second kappa shape index (κ2) is 5.21. The number of hydrogen-bond acceptors (Lipinski definition) is 3. The number of aliphatic imine (C=N–C) groups is 1. The minimum absolute atomic E-state index is 0.0648. The Bertz CT molecular complexity index is 476. The molecular formula is C14H19N3O. The van der Waals surface area contributed by atoms with Crippen LogP contribution in [0.2, 0.25) is 0 Å². The van der Waals surface area contributed by atoms with Gasteiger partial charge in [0.1, 0.15) is 6.61 Å². The van der Waals surface area contributed by atoms with Gasteiger partial charge in [0.15, 0.2) is 0 Å². The Morgan fingerprint density at radius 3 is 2.83 bits per heavy atom. The van der Waals surface area contributed by atoms with Gasteiger partial charge in [-0.3, -0.25) is 10.1 Å². The van der Waals surface area contributed by atoms with Crippen LogP contribution < -0.4 is 0 Å². The van der Waals surface area contributed by atoms with Crippen molar-refractivity contribution in [2.75, 3.05) is 13.2 Å². The quantitative estimate of drug-likeness (QED) is 0.827. The van der Waals surface area contributed by atoms with E-state index < -0.39 is 0 Å². The molecule has 0 spiro atoms. The lowest BCUT2D eigenvalue weighted by Crippen LogP contribution is -2.13. The summed E-state index contributed by atoms with van der Waals surface area (Å²) < 4.78 is 5.51. The van der Waals surface area contributed by atoms with Crippen LogP contribution in [-0.4, -0.2) is 29.1 Å². The first-order chi connectivity index (χ1) is 8.57. The van der Waals surface area contributed by atoms with Crippen molar-refractivity contribution in [2.24, 2.45) is 10.4 Å². The van der Waals surface area contributed by atoms with Gasteiger partial charge < -0.3 is 4.74 Å². The third-order valence-electron chi connectivity index (χ3n) is 2.87. The number of ether oxygens (including phenoxy) is 1. The molecular weight excluding hydrogens is 226 g/mol. The first-order valence-corrected chi connectivity index (χ1v) is 6.08. The molecule has 18 heavy (non-hydrogen) atoms. The zero-order valence-corrected chi connectivity index (χ0v) is 11.1.